The van der Waals surface area contributed by atoms with Crippen molar-refractivity contribution in [2.45, 2.75) is 148 Å². The molecule has 0 radical (unpaired) electrons. The van der Waals surface area contributed by atoms with E-state index in [2.05, 4.69) is 85.9 Å². The second-order valence-electron chi connectivity index (χ2n) is 15.3. The lowest BCUT2D eigenvalue weighted by molar-refractivity contribution is -0.870. The summed E-state index contributed by atoms with van der Waals surface area (Å²) in [6.45, 7) is 3.74. The van der Waals surface area contributed by atoms with Crippen molar-refractivity contribution in [3.63, 3.8) is 0 Å². The second-order valence-corrected chi connectivity index (χ2v) is 16.7. The fourth-order valence-corrected chi connectivity index (χ4v) is 5.84. The molecule has 0 fully saturated rings. The van der Waals surface area contributed by atoms with E-state index in [9.17, 15) is 24.2 Å². The highest BCUT2D eigenvalue weighted by Gasteiger charge is 2.27. The Bertz CT molecular complexity index is 1260. The molecule has 0 spiro atoms. The molecular formula is C46H79NO9P+. The average molecular weight is 821 g/mol. The van der Waals surface area contributed by atoms with Crippen LogP contribution < -0.4 is 0 Å². The van der Waals surface area contributed by atoms with Crippen LogP contribution in [0.15, 0.2) is 85.1 Å². The molecule has 0 aromatic carbocycles. The zero-order chi connectivity index (χ0) is 42.3. The summed E-state index contributed by atoms with van der Waals surface area (Å²) >= 11 is 0. The summed E-state index contributed by atoms with van der Waals surface area (Å²) in [5, 5.41) is 9.27. The highest BCUT2D eigenvalue weighted by Crippen LogP contribution is 2.43. The number of hydrogen-bond acceptors (Lipinski definition) is 8. The van der Waals surface area contributed by atoms with Crippen molar-refractivity contribution in [1.29, 1.82) is 0 Å². The maximum Gasteiger partial charge on any atom is 0.472 e. The van der Waals surface area contributed by atoms with Gasteiger partial charge in [0.15, 0.2) is 6.10 Å². The number of aliphatic hydroxyl groups is 1. The van der Waals surface area contributed by atoms with Gasteiger partial charge < -0.3 is 24.0 Å². The van der Waals surface area contributed by atoms with Crippen LogP contribution in [-0.4, -0.2) is 86.1 Å². The minimum atomic E-state index is -4.40. The van der Waals surface area contributed by atoms with Gasteiger partial charge in [0.25, 0.3) is 0 Å². The number of phosphoric ester groups is 1. The zero-order valence-electron chi connectivity index (χ0n) is 36.1. The molecule has 0 aliphatic carbocycles. The van der Waals surface area contributed by atoms with Gasteiger partial charge in [-0.05, 0) is 96.8 Å². The molecule has 3 atom stereocenters. The van der Waals surface area contributed by atoms with Crippen molar-refractivity contribution in [2.75, 3.05) is 47.5 Å². The molecule has 326 valence electrons. The standard InChI is InChI=1S/C46H78NO9P/c1-6-7-8-9-10-11-12-13-15-20-23-26-29-32-35-38-46(50)56-44(42-55-57(51,52)54-40-39-47(3,4)5)41-53-45(49)37-34-31-28-25-22-19-17-14-16-18-21-24-27-30-33-36-43(2)48/h7-8,10-11,13,15-19,24-25,27-28,43-44,48H,6,9,12,14,20-23,26,29-42H2,1-5H3/p+1/b8-7-,11-10-,15-13-,18-16-,19-17-,27-24-,28-25-/t43-,44-/m1/s1. The van der Waals surface area contributed by atoms with Gasteiger partial charge >= 0.3 is 19.8 Å². The Morgan fingerprint density at radius 1 is 0.614 bits per heavy atom. The lowest BCUT2D eigenvalue weighted by Crippen LogP contribution is -2.37. The predicted octanol–water partition coefficient (Wildman–Crippen LogP) is 11.0. The third kappa shape index (κ3) is 42.6. The Labute approximate surface area is 346 Å². The highest BCUT2D eigenvalue weighted by molar-refractivity contribution is 7.47. The minimum absolute atomic E-state index is 0.00936. The monoisotopic (exact) mass is 821 g/mol. The van der Waals surface area contributed by atoms with Gasteiger partial charge in [0.05, 0.1) is 33.9 Å². The van der Waals surface area contributed by atoms with E-state index in [4.69, 9.17) is 18.5 Å². The lowest BCUT2D eigenvalue weighted by Gasteiger charge is -2.24. The van der Waals surface area contributed by atoms with Crippen LogP contribution in [-0.2, 0) is 32.7 Å². The van der Waals surface area contributed by atoms with Gasteiger partial charge in [-0.2, -0.15) is 0 Å². The Balaban J connectivity index is 4.51. The first-order valence-corrected chi connectivity index (χ1v) is 22.8. The maximum atomic E-state index is 12.7. The third-order valence-electron chi connectivity index (χ3n) is 8.43. The number of esters is 2. The number of phosphoric acid groups is 1. The SMILES string of the molecule is CC/C=C\C/C=C\C/C=C\CCCCCCCC(=O)O[C@H](COC(=O)CCC/C=C\C/C=C\C/C=C\C/C=C\CCC[C@@H](C)O)COP(=O)(O)OCC[N+](C)(C)C. The molecule has 10 nitrogen and oxygen atoms in total. The number of carbonyl (C=O) groups is 2. The van der Waals surface area contributed by atoms with Gasteiger partial charge in [0, 0.05) is 12.8 Å². The third-order valence-corrected chi connectivity index (χ3v) is 9.41. The van der Waals surface area contributed by atoms with Crippen LogP contribution in [0, 0.1) is 0 Å². The van der Waals surface area contributed by atoms with Crippen LogP contribution in [0.4, 0.5) is 0 Å². The van der Waals surface area contributed by atoms with E-state index in [1.54, 1.807) is 0 Å². The maximum absolute atomic E-state index is 12.7. The molecule has 2 N–H and O–H groups in total. The number of carbonyl (C=O) groups excluding carboxylic acids is 2. The quantitative estimate of drug-likeness (QED) is 0.0207. The number of likely N-dealkylation sites (N-methyl/N-ethyl adjacent to an activating group) is 1. The number of allylic oxidation sites excluding steroid dienone is 14. The highest BCUT2D eigenvalue weighted by atomic mass is 31.2. The zero-order valence-corrected chi connectivity index (χ0v) is 37.0. The molecule has 0 bridgehead atoms. The van der Waals surface area contributed by atoms with E-state index in [0.717, 1.165) is 96.3 Å². The Kier molecular flexibility index (Phi) is 35.6. The fraction of sp³-hybridized carbons (Fsp3) is 0.652. The first-order valence-electron chi connectivity index (χ1n) is 21.3. The first kappa shape index (κ1) is 54.2. The molecular weight excluding hydrogens is 741 g/mol. The van der Waals surface area contributed by atoms with E-state index in [1.807, 2.05) is 34.1 Å². The van der Waals surface area contributed by atoms with Crippen molar-refractivity contribution in [1.82, 2.24) is 0 Å². The topological polar surface area (TPSA) is 129 Å². The van der Waals surface area contributed by atoms with E-state index in [-0.39, 0.29) is 32.2 Å². The Hall–Kier alpha value is -2.85. The fourth-order valence-electron chi connectivity index (χ4n) is 5.10. The normalized spacial score (nSPS) is 15.0. The van der Waals surface area contributed by atoms with Crippen LogP contribution >= 0.6 is 7.82 Å². The lowest BCUT2D eigenvalue weighted by atomic mass is 10.1. The number of rotatable bonds is 37. The van der Waals surface area contributed by atoms with Crippen molar-refractivity contribution < 1.29 is 47.2 Å². The molecule has 57 heavy (non-hydrogen) atoms. The minimum Gasteiger partial charge on any atom is -0.462 e. The van der Waals surface area contributed by atoms with Crippen molar-refractivity contribution >= 4 is 19.8 Å². The molecule has 0 aliphatic heterocycles. The summed E-state index contributed by atoms with van der Waals surface area (Å²) < 4.78 is 34.2. The first-order chi connectivity index (χ1) is 27.3. The molecule has 0 aromatic rings. The number of aliphatic hydroxyl groups excluding tert-OH is 1. The van der Waals surface area contributed by atoms with E-state index >= 15 is 0 Å². The Morgan fingerprint density at radius 3 is 1.63 bits per heavy atom. The summed E-state index contributed by atoms with van der Waals surface area (Å²) in [7, 11) is 1.40. The summed E-state index contributed by atoms with van der Waals surface area (Å²) in [6, 6.07) is 0. The van der Waals surface area contributed by atoms with Gasteiger partial charge in [-0.15, -0.1) is 0 Å². The van der Waals surface area contributed by atoms with Crippen LogP contribution in [0.1, 0.15) is 136 Å². The van der Waals surface area contributed by atoms with Crippen LogP contribution in [0.3, 0.4) is 0 Å². The van der Waals surface area contributed by atoms with E-state index in [0.29, 0.717) is 23.9 Å². The van der Waals surface area contributed by atoms with E-state index < -0.39 is 32.5 Å². The van der Waals surface area contributed by atoms with Crippen LogP contribution in [0.2, 0.25) is 0 Å². The smallest absolute Gasteiger partial charge is 0.462 e. The largest absolute Gasteiger partial charge is 0.472 e. The molecule has 0 aliphatic rings. The van der Waals surface area contributed by atoms with Crippen molar-refractivity contribution in [3.8, 4) is 0 Å². The predicted molar refractivity (Wildman–Crippen MR) is 235 cm³/mol. The molecule has 0 saturated heterocycles. The van der Waals surface area contributed by atoms with Crippen molar-refractivity contribution in [3.05, 3.63) is 85.1 Å². The molecule has 0 rings (SSSR count). The number of unbranched alkanes of at least 4 members (excludes halogenated alkanes) is 7. The van der Waals surface area contributed by atoms with Gasteiger partial charge in [-0.1, -0.05) is 111 Å². The number of hydrogen-bond donors (Lipinski definition) is 2. The van der Waals surface area contributed by atoms with Gasteiger partial charge in [-0.3, -0.25) is 18.6 Å². The summed E-state index contributed by atoms with van der Waals surface area (Å²) in [5.74, 6) is -0.911. The molecule has 0 amide bonds. The molecule has 0 saturated carbocycles. The van der Waals surface area contributed by atoms with Crippen molar-refractivity contribution in [2.24, 2.45) is 0 Å². The van der Waals surface area contributed by atoms with Crippen LogP contribution in [0.5, 0.6) is 0 Å². The summed E-state index contributed by atoms with van der Waals surface area (Å²) in [6.07, 6.45) is 44.8. The van der Waals surface area contributed by atoms with E-state index in [1.165, 1.54) is 0 Å². The number of nitrogens with zero attached hydrogens (tertiary/aromatic N) is 1. The Morgan fingerprint density at radius 2 is 1.09 bits per heavy atom. The van der Waals surface area contributed by atoms with Crippen LogP contribution in [0.25, 0.3) is 0 Å². The van der Waals surface area contributed by atoms with Gasteiger partial charge in [0.1, 0.15) is 19.8 Å². The summed E-state index contributed by atoms with van der Waals surface area (Å²) in [5.41, 5.74) is 0. The molecule has 0 aromatic heterocycles. The molecule has 0 heterocycles. The second kappa shape index (κ2) is 37.4. The number of quaternary nitrogens is 1. The van der Waals surface area contributed by atoms with Gasteiger partial charge in [-0.25, -0.2) is 4.57 Å². The average Bonchev–Trinajstić information content (AvgIpc) is 3.14. The number of ether oxygens (including phenoxy) is 2. The molecule has 11 heteroatoms. The summed E-state index contributed by atoms with van der Waals surface area (Å²) in [4.78, 5) is 35.3. The molecule has 1 unspecified atom stereocenters. The van der Waals surface area contributed by atoms with Gasteiger partial charge in [0.2, 0.25) is 0 Å².